The standard InChI is InChI=1S/C20H25N5O4/c1-2-15(23-24-19(28)21-13-9-5-3-6-10-13)16-17(26)22-20(29)25(18(16)27)14-11-7-4-8-12-14/h3,5-6,9-10,14,27H,2,4,7-8,11-12H2,1H3,(H2,21,24,28)(H,22,26,29). The summed E-state index contributed by atoms with van der Waals surface area (Å²) in [6, 6.07) is 8.08. The predicted molar refractivity (Wildman–Crippen MR) is 111 cm³/mol. The molecule has 2 amide bonds. The van der Waals surface area contributed by atoms with Gasteiger partial charge in [0, 0.05) is 11.7 Å². The van der Waals surface area contributed by atoms with Crippen LogP contribution in [-0.2, 0) is 0 Å². The van der Waals surface area contributed by atoms with Gasteiger partial charge < -0.3 is 10.4 Å². The van der Waals surface area contributed by atoms with E-state index in [1.165, 1.54) is 4.57 Å². The van der Waals surface area contributed by atoms with Crippen molar-refractivity contribution in [1.82, 2.24) is 15.0 Å². The number of nitrogens with one attached hydrogen (secondary N) is 3. The Bertz CT molecular complexity index is 1000. The number of hydrogen-bond donors (Lipinski definition) is 4. The second-order valence-corrected chi connectivity index (χ2v) is 6.96. The zero-order valence-electron chi connectivity index (χ0n) is 16.3. The van der Waals surface area contributed by atoms with Crippen LogP contribution in [0.1, 0.15) is 57.1 Å². The second kappa shape index (κ2) is 9.22. The van der Waals surface area contributed by atoms with Crippen LogP contribution in [0.5, 0.6) is 5.88 Å². The number of anilines is 1. The third-order valence-electron chi connectivity index (χ3n) is 5.01. The summed E-state index contributed by atoms with van der Waals surface area (Å²) >= 11 is 0. The molecule has 0 bridgehead atoms. The molecule has 1 aliphatic carbocycles. The van der Waals surface area contributed by atoms with Gasteiger partial charge >= 0.3 is 11.7 Å². The molecule has 0 spiro atoms. The van der Waals surface area contributed by atoms with Crippen molar-refractivity contribution in [2.45, 2.75) is 51.5 Å². The minimum absolute atomic E-state index is 0.0994. The van der Waals surface area contributed by atoms with Gasteiger partial charge in [-0.15, -0.1) is 0 Å². The molecule has 0 aliphatic heterocycles. The van der Waals surface area contributed by atoms with Crippen molar-refractivity contribution in [3.63, 3.8) is 0 Å². The number of benzene rings is 1. The summed E-state index contributed by atoms with van der Waals surface area (Å²) in [6.07, 6.45) is 4.79. The van der Waals surface area contributed by atoms with Gasteiger partial charge in [-0.05, 0) is 31.4 Å². The SMILES string of the molecule is CCC(=NNC(=O)Nc1ccccc1)c1c(O)n(C2CCCCC2)c(=O)[nH]c1=O. The molecule has 1 aromatic carbocycles. The van der Waals surface area contributed by atoms with Crippen LogP contribution < -0.4 is 22.0 Å². The van der Waals surface area contributed by atoms with E-state index < -0.39 is 23.2 Å². The average molecular weight is 399 g/mol. The van der Waals surface area contributed by atoms with Crippen LogP contribution in [0.2, 0.25) is 0 Å². The first-order valence-electron chi connectivity index (χ1n) is 9.78. The van der Waals surface area contributed by atoms with Crippen molar-refractivity contribution >= 4 is 17.4 Å². The number of aromatic nitrogens is 2. The summed E-state index contributed by atoms with van der Waals surface area (Å²) in [5.41, 5.74) is 1.64. The fourth-order valence-electron chi connectivity index (χ4n) is 3.59. The second-order valence-electron chi connectivity index (χ2n) is 6.96. The molecular formula is C20H25N5O4. The third kappa shape index (κ3) is 4.74. The number of nitrogens with zero attached hydrogens (tertiary/aromatic N) is 2. The topological polar surface area (TPSA) is 129 Å². The van der Waals surface area contributed by atoms with E-state index >= 15 is 0 Å². The molecule has 9 nitrogen and oxygen atoms in total. The molecule has 0 radical (unpaired) electrons. The minimum Gasteiger partial charge on any atom is -0.494 e. The van der Waals surface area contributed by atoms with Gasteiger partial charge in [0.15, 0.2) is 0 Å². The zero-order valence-corrected chi connectivity index (χ0v) is 16.3. The van der Waals surface area contributed by atoms with Crippen LogP contribution in [0.15, 0.2) is 45.0 Å². The maximum atomic E-state index is 12.4. The first-order chi connectivity index (χ1) is 14.0. The third-order valence-corrected chi connectivity index (χ3v) is 5.01. The smallest absolute Gasteiger partial charge is 0.339 e. The number of carbonyl (C=O) groups excluding carboxylic acids is 1. The summed E-state index contributed by atoms with van der Waals surface area (Å²) in [5.74, 6) is -0.406. The Morgan fingerprint density at radius 3 is 2.55 bits per heavy atom. The van der Waals surface area contributed by atoms with Gasteiger partial charge in [0.1, 0.15) is 5.56 Å². The molecule has 3 rings (SSSR count). The lowest BCUT2D eigenvalue weighted by Gasteiger charge is -2.25. The Balaban J connectivity index is 1.88. The van der Waals surface area contributed by atoms with Gasteiger partial charge in [0.05, 0.1) is 5.71 Å². The molecule has 1 saturated carbocycles. The van der Waals surface area contributed by atoms with Crippen LogP contribution in [0, 0.1) is 0 Å². The van der Waals surface area contributed by atoms with Gasteiger partial charge in [0.25, 0.3) is 5.56 Å². The van der Waals surface area contributed by atoms with E-state index in [9.17, 15) is 19.5 Å². The largest absolute Gasteiger partial charge is 0.494 e. The monoisotopic (exact) mass is 399 g/mol. The lowest BCUT2D eigenvalue weighted by molar-refractivity contribution is 0.252. The Morgan fingerprint density at radius 2 is 1.90 bits per heavy atom. The highest BCUT2D eigenvalue weighted by atomic mass is 16.3. The molecule has 0 saturated heterocycles. The van der Waals surface area contributed by atoms with Gasteiger partial charge in [-0.1, -0.05) is 44.4 Å². The number of amides is 2. The number of carbonyl (C=O) groups is 1. The molecule has 29 heavy (non-hydrogen) atoms. The van der Waals surface area contributed by atoms with Crippen molar-refractivity contribution in [3.8, 4) is 5.88 Å². The Morgan fingerprint density at radius 1 is 1.21 bits per heavy atom. The van der Waals surface area contributed by atoms with Crippen molar-refractivity contribution in [1.29, 1.82) is 0 Å². The highest BCUT2D eigenvalue weighted by molar-refractivity contribution is 6.02. The maximum Gasteiger partial charge on any atom is 0.339 e. The van der Waals surface area contributed by atoms with E-state index in [0.29, 0.717) is 5.69 Å². The number of para-hydroxylation sites is 1. The van der Waals surface area contributed by atoms with Crippen LogP contribution in [0.4, 0.5) is 10.5 Å². The number of aromatic hydroxyl groups is 1. The number of hydrazone groups is 1. The summed E-state index contributed by atoms with van der Waals surface area (Å²) in [4.78, 5) is 39.1. The molecule has 1 aromatic heterocycles. The highest BCUT2D eigenvalue weighted by Crippen LogP contribution is 2.30. The van der Waals surface area contributed by atoms with Crippen LogP contribution in [0.25, 0.3) is 0 Å². The highest BCUT2D eigenvalue weighted by Gasteiger charge is 2.24. The van der Waals surface area contributed by atoms with E-state index in [4.69, 9.17) is 0 Å². The molecule has 1 fully saturated rings. The normalized spacial score (nSPS) is 15.1. The lowest BCUT2D eigenvalue weighted by Crippen LogP contribution is -2.37. The maximum absolute atomic E-state index is 12.4. The predicted octanol–water partition coefficient (Wildman–Crippen LogP) is 2.68. The molecule has 9 heteroatoms. The van der Waals surface area contributed by atoms with E-state index in [2.05, 4.69) is 20.8 Å². The van der Waals surface area contributed by atoms with Crippen molar-refractivity contribution in [2.75, 3.05) is 5.32 Å². The number of hydrogen-bond acceptors (Lipinski definition) is 5. The first kappa shape index (κ1) is 20.4. The van der Waals surface area contributed by atoms with Gasteiger partial charge in [-0.2, -0.15) is 5.10 Å². The molecule has 0 unspecified atom stereocenters. The summed E-state index contributed by atoms with van der Waals surface area (Å²) in [5, 5.41) is 17.4. The Kier molecular flexibility index (Phi) is 6.48. The molecule has 2 aromatic rings. The van der Waals surface area contributed by atoms with Crippen molar-refractivity contribution in [2.24, 2.45) is 5.10 Å². The summed E-state index contributed by atoms with van der Waals surface area (Å²) < 4.78 is 1.24. The van der Waals surface area contributed by atoms with Gasteiger partial charge in [-0.25, -0.2) is 15.0 Å². The molecule has 0 atom stereocenters. The zero-order chi connectivity index (χ0) is 20.8. The Labute approximate surface area is 167 Å². The van der Waals surface area contributed by atoms with E-state index in [1.807, 2.05) is 6.07 Å². The van der Waals surface area contributed by atoms with Crippen LogP contribution in [0.3, 0.4) is 0 Å². The fourth-order valence-corrected chi connectivity index (χ4v) is 3.59. The lowest BCUT2D eigenvalue weighted by atomic mass is 9.95. The molecule has 1 aliphatic rings. The molecular weight excluding hydrogens is 374 g/mol. The van der Waals surface area contributed by atoms with E-state index in [0.717, 1.165) is 32.1 Å². The van der Waals surface area contributed by atoms with Crippen molar-refractivity contribution < 1.29 is 9.90 Å². The number of H-pyrrole nitrogens is 1. The summed E-state index contributed by atoms with van der Waals surface area (Å²) in [6.45, 7) is 1.74. The number of urea groups is 1. The molecule has 154 valence electrons. The first-order valence-corrected chi connectivity index (χ1v) is 9.78. The fraction of sp³-hybridized carbons (Fsp3) is 0.400. The van der Waals surface area contributed by atoms with Crippen LogP contribution >= 0.6 is 0 Å². The quantitative estimate of drug-likeness (QED) is 0.455. The van der Waals surface area contributed by atoms with Gasteiger partial charge in [0.2, 0.25) is 5.88 Å². The molecule has 4 N–H and O–H groups in total. The molecule has 1 heterocycles. The average Bonchev–Trinajstić information content (AvgIpc) is 2.71. The van der Waals surface area contributed by atoms with E-state index in [1.54, 1.807) is 31.2 Å². The van der Waals surface area contributed by atoms with Crippen molar-refractivity contribution in [3.05, 3.63) is 56.7 Å². The Hall–Kier alpha value is -3.36. The van der Waals surface area contributed by atoms with E-state index in [-0.39, 0.29) is 23.7 Å². The van der Waals surface area contributed by atoms with Crippen LogP contribution in [-0.4, -0.2) is 26.4 Å². The number of aromatic amines is 1. The summed E-state index contributed by atoms with van der Waals surface area (Å²) in [7, 11) is 0. The number of rotatable bonds is 5. The van der Waals surface area contributed by atoms with Gasteiger partial charge in [-0.3, -0.25) is 14.3 Å². The minimum atomic E-state index is -0.731.